The van der Waals surface area contributed by atoms with Gasteiger partial charge >= 0.3 is 47.6 Å². The molecule has 0 saturated carbocycles. The van der Waals surface area contributed by atoms with Gasteiger partial charge in [-0.15, -0.1) is 0 Å². The zero-order chi connectivity index (χ0) is 13.8. The molecule has 8 heteroatoms. The first-order valence-corrected chi connectivity index (χ1v) is 5.69. The molecule has 0 aromatic rings. The second kappa shape index (κ2) is 7.72. The molecule has 0 aliphatic carbocycles. The van der Waals surface area contributed by atoms with Gasteiger partial charge in [0.1, 0.15) is 5.60 Å². The minimum absolute atomic E-state index is 0. The molecule has 1 aliphatic heterocycles. The Kier molecular flexibility index (Phi) is 7.39. The number of carboxylic acids is 1. The van der Waals surface area contributed by atoms with E-state index in [9.17, 15) is 14.4 Å². The summed E-state index contributed by atoms with van der Waals surface area (Å²) in [5.41, 5.74) is -0.931. The predicted octanol–water partition coefficient (Wildman–Crippen LogP) is -2.32. The van der Waals surface area contributed by atoms with Crippen molar-refractivity contribution in [2.75, 3.05) is 6.54 Å². The van der Waals surface area contributed by atoms with E-state index in [1.807, 2.05) is 0 Å². The Morgan fingerprint density at radius 2 is 2.11 bits per heavy atom. The van der Waals surface area contributed by atoms with Gasteiger partial charge in [0.25, 0.3) is 0 Å². The zero-order valence-corrected chi connectivity index (χ0v) is 13.4. The monoisotopic (exact) mass is 282 g/mol. The van der Waals surface area contributed by atoms with Crippen molar-refractivity contribution < 1.29 is 58.5 Å². The molecule has 0 aromatic heterocycles. The number of ether oxygens (including phenoxy) is 2. The van der Waals surface area contributed by atoms with Gasteiger partial charge in [-0.25, -0.2) is 4.79 Å². The molecule has 1 saturated heterocycles. The van der Waals surface area contributed by atoms with E-state index in [4.69, 9.17) is 14.6 Å². The topological polar surface area (TPSA) is 102 Å². The average molecular weight is 282 g/mol. The van der Waals surface area contributed by atoms with Crippen molar-refractivity contribution >= 4 is 18.0 Å². The van der Waals surface area contributed by atoms with Crippen molar-refractivity contribution in [3.63, 3.8) is 0 Å². The molecule has 1 atom stereocenters. The number of aliphatic carboxylic acids is 1. The number of alkyl carbamates (subject to hydrolysis) is 1. The Morgan fingerprint density at radius 1 is 1.47 bits per heavy atom. The van der Waals surface area contributed by atoms with Crippen LogP contribution in [-0.4, -0.2) is 41.4 Å². The molecule has 102 valence electrons. The van der Waals surface area contributed by atoms with Crippen molar-refractivity contribution in [2.24, 2.45) is 0 Å². The van der Waals surface area contributed by atoms with Crippen LogP contribution in [-0.2, 0) is 19.1 Å². The molecule has 0 aromatic carbocycles. The number of rotatable bonds is 6. The minimum Gasteiger partial charge on any atom is -0.481 e. The van der Waals surface area contributed by atoms with Crippen molar-refractivity contribution in [2.45, 2.75) is 44.8 Å². The molecule has 0 unspecified atom stereocenters. The Labute approximate surface area is 133 Å². The first kappa shape index (κ1) is 18.2. The van der Waals surface area contributed by atoms with Crippen LogP contribution < -0.4 is 34.9 Å². The Hall–Kier alpha value is -0.790. The van der Waals surface area contributed by atoms with Crippen LogP contribution in [0.5, 0.6) is 0 Å². The summed E-state index contributed by atoms with van der Waals surface area (Å²) in [4.78, 5) is 32.7. The summed E-state index contributed by atoms with van der Waals surface area (Å²) in [6.07, 6.45) is -0.879. The normalized spacial score (nSPS) is 18.0. The summed E-state index contributed by atoms with van der Waals surface area (Å²) in [5.74, 6) is -1.44. The number of hydrogen-bond donors (Lipinski definition) is 2. The third-order valence-corrected chi connectivity index (χ3v) is 2.60. The summed E-state index contributed by atoms with van der Waals surface area (Å²) in [5, 5.41) is 10.9. The van der Waals surface area contributed by atoms with E-state index in [1.165, 1.54) is 0 Å². The molecule has 19 heavy (non-hydrogen) atoms. The van der Waals surface area contributed by atoms with Gasteiger partial charge in [-0.05, 0) is 20.3 Å². The van der Waals surface area contributed by atoms with E-state index in [2.05, 4.69) is 5.32 Å². The zero-order valence-electron chi connectivity index (χ0n) is 11.4. The summed E-state index contributed by atoms with van der Waals surface area (Å²) < 4.78 is 10.2. The number of amides is 1. The molecular weight excluding hydrogens is 265 g/mol. The molecule has 1 rings (SSSR count). The summed E-state index contributed by atoms with van der Waals surface area (Å²) in [6, 6.07) is 0. The van der Waals surface area contributed by atoms with E-state index in [1.54, 1.807) is 13.8 Å². The smallest absolute Gasteiger partial charge is 0.481 e. The number of carbonyl (C=O) groups excluding carboxylic acids is 2. The van der Waals surface area contributed by atoms with Crippen LogP contribution in [0.15, 0.2) is 0 Å². The number of cyclic esters (lactones) is 1. The first-order valence-electron chi connectivity index (χ1n) is 5.69. The van der Waals surface area contributed by atoms with Gasteiger partial charge in [-0.2, -0.15) is 0 Å². The van der Waals surface area contributed by atoms with E-state index in [0.717, 1.165) is 0 Å². The molecule has 0 spiro atoms. The van der Waals surface area contributed by atoms with Crippen molar-refractivity contribution in [1.82, 2.24) is 5.32 Å². The summed E-state index contributed by atoms with van der Waals surface area (Å²) in [7, 11) is 0. The van der Waals surface area contributed by atoms with Gasteiger partial charge in [0.15, 0.2) is 6.10 Å². The molecule has 1 amide bonds. The van der Waals surface area contributed by atoms with Crippen molar-refractivity contribution in [1.29, 1.82) is 0 Å². The van der Waals surface area contributed by atoms with Gasteiger partial charge < -0.3 is 19.9 Å². The Balaban J connectivity index is 0.00000324. The van der Waals surface area contributed by atoms with Gasteiger partial charge in [0.05, 0.1) is 6.54 Å². The van der Waals surface area contributed by atoms with E-state index in [-0.39, 0.29) is 55.4 Å². The fourth-order valence-corrected chi connectivity index (χ4v) is 1.57. The molecular formula is C11H17NNaO6+. The quantitative estimate of drug-likeness (QED) is 0.419. The van der Waals surface area contributed by atoms with Crippen LogP contribution in [0.25, 0.3) is 0 Å². The number of esters is 1. The molecule has 0 bridgehead atoms. The van der Waals surface area contributed by atoms with Crippen LogP contribution in [0.4, 0.5) is 4.79 Å². The van der Waals surface area contributed by atoms with E-state index in [0.29, 0.717) is 0 Å². The van der Waals surface area contributed by atoms with Crippen LogP contribution >= 0.6 is 0 Å². The molecule has 7 nitrogen and oxygen atoms in total. The third-order valence-electron chi connectivity index (χ3n) is 2.60. The molecule has 0 radical (unpaired) electrons. The van der Waals surface area contributed by atoms with Crippen LogP contribution in [0.1, 0.15) is 33.1 Å². The molecule has 2 N–H and O–H groups in total. The third kappa shape index (κ3) is 6.26. The maximum atomic E-state index is 11.5. The van der Waals surface area contributed by atoms with E-state index >= 15 is 0 Å². The molecule has 1 heterocycles. The van der Waals surface area contributed by atoms with Crippen LogP contribution in [0.3, 0.4) is 0 Å². The number of carbonyl (C=O) groups is 3. The standard InChI is InChI=1S/C11H17NO6.Na/c1-11(2,7-6-12-10(16)17-7)18-9(15)5-3-4-8(13)14;/h7H,3-6H2,1-2H3,(H,12,16)(H,13,14);/q;+1/t7-;/m0./s1. The number of hydrogen-bond acceptors (Lipinski definition) is 5. The largest absolute Gasteiger partial charge is 1.00 e. The fourth-order valence-electron chi connectivity index (χ4n) is 1.57. The fraction of sp³-hybridized carbons (Fsp3) is 0.727. The number of nitrogens with one attached hydrogen (secondary N) is 1. The Morgan fingerprint density at radius 3 is 2.58 bits per heavy atom. The van der Waals surface area contributed by atoms with Gasteiger partial charge in [-0.1, -0.05) is 0 Å². The summed E-state index contributed by atoms with van der Waals surface area (Å²) >= 11 is 0. The van der Waals surface area contributed by atoms with Crippen molar-refractivity contribution in [3.8, 4) is 0 Å². The molecule has 1 aliphatic rings. The van der Waals surface area contributed by atoms with Gasteiger partial charge in [0, 0.05) is 12.8 Å². The van der Waals surface area contributed by atoms with Crippen LogP contribution in [0.2, 0.25) is 0 Å². The SMILES string of the molecule is CC(C)(OC(=O)CCCC(=O)O)[C@@H]1CNC(=O)O1.[Na+]. The van der Waals surface area contributed by atoms with Crippen LogP contribution in [0, 0.1) is 0 Å². The van der Waals surface area contributed by atoms with Gasteiger partial charge in [0.2, 0.25) is 0 Å². The van der Waals surface area contributed by atoms with E-state index < -0.39 is 29.7 Å². The first-order chi connectivity index (χ1) is 8.31. The second-order valence-corrected chi connectivity index (χ2v) is 4.60. The van der Waals surface area contributed by atoms with Crippen molar-refractivity contribution in [3.05, 3.63) is 0 Å². The van der Waals surface area contributed by atoms with Gasteiger partial charge in [-0.3, -0.25) is 9.59 Å². The second-order valence-electron chi connectivity index (χ2n) is 4.60. The minimum atomic E-state index is -0.948. The predicted molar refractivity (Wildman–Crippen MR) is 59.9 cm³/mol. The summed E-state index contributed by atoms with van der Waals surface area (Å²) in [6.45, 7) is 3.58. The number of carboxylic acid groups (broad SMARTS) is 1. The molecule has 1 fully saturated rings. The maximum Gasteiger partial charge on any atom is 1.00 e. The average Bonchev–Trinajstić information content (AvgIpc) is 2.64. The maximum absolute atomic E-state index is 11.5. The Bertz CT molecular complexity index is 357.